The summed E-state index contributed by atoms with van der Waals surface area (Å²) in [5.74, 6) is -0.327. The van der Waals surface area contributed by atoms with Gasteiger partial charge in [0.25, 0.3) is 5.91 Å². The molecule has 5 heteroatoms. The molecular formula is C18H21N3O2. The summed E-state index contributed by atoms with van der Waals surface area (Å²) in [5.41, 5.74) is 1.48. The predicted octanol–water partition coefficient (Wildman–Crippen LogP) is 2.40. The maximum atomic E-state index is 12.6. The van der Waals surface area contributed by atoms with Crippen molar-refractivity contribution in [3.63, 3.8) is 0 Å². The minimum Gasteiger partial charge on any atom is -0.348 e. The summed E-state index contributed by atoms with van der Waals surface area (Å²) in [7, 11) is 0. The van der Waals surface area contributed by atoms with Crippen molar-refractivity contribution < 1.29 is 9.59 Å². The normalized spacial score (nSPS) is 14.0. The Hall–Kier alpha value is -2.61. The molecule has 120 valence electrons. The topological polar surface area (TPSA) is 73.2 Å². The van der Waals surface area contributed by atoms with Crippen LogP contribution in [0.5, 0.6) is 0 Å². The van der Waals surface area contributed by atoms with Crippen LogP contribution in [0.15, 0.2) is 36.9 Å². The van der Waals surface area contributed by atoms with Gasteiger partial charge < -0.3 is 10.2 Å². The van der Waals surface area contributed by atoms with Crippen molar-refractivity contribution in [2.24, 2.45) is 0 Å². The summed E-state index contributed by atoms with van der Waals surface area (Å²) in [6.07, 6.45) is 5.39. The zero-order valence-corrected chi connectivity index (χ0v) is 13.1. The summed E-state index contributed by atoms with van der Waals surface area (Å²) in [6.45, 7) is 3.91. The van der Waals surface area contributed by atoms with E-state index in [2.05, 4.69) is 18.0 Å². The van der Waals surface area contributed by atoms with Gasteiger partial charge in [0.05, 0.1) is 6.07 Å². The molecule has 1 aromatic rings. The second kappa shape index (κ2) is 8.14. The van der Waals surface area contributed by atoms with E-state index in [0.717, 1.165) is 31.2 Å². The number of hydrogen-bond acceptors (Lipinski definition) is 3. The number of nitriles is 1. The number of carbonyl (C=O) groups excluding carboxylic acids is 2. The molecule has 1 saturated carbocycles. The van der Waals surface area contributed by atoms with E-state index in [1.54, 1.807) is 17.0 Å². The molecule has 0 heterocycles. The maximum Gasteiger partial charge on any atom is 0.254 e. The van der Waals surface area contributed by atoms with Crippen LogP contribution in [0.2, 0.25) is 0 Å². The molecule has 1 aliphatic rings. The van der Waals surface area contributed by atoms with Gasteiger partial charge in [-0.2, -0.15) is 5.26 Å². The standard InChI is InChI=1S/C18H21N3O2/c1-2-17(22)20-13-14-7-9-15(10-8-14)18(23)21(12-11-19)16-5-3-4-6-16/h2,7-10,16H,1,3-6,12-13H2,(H,20,22). The Balaban J connectivity index is 2.04. The van der Waals surface area contributed by atoms with Crippen LogP contribution < -0.4 is 5.32 Å². The van der Waals surface area contributed by atoms with Crippen LogP contribution in [-0.4, -0.2) is 29.3 Å². The highest BCUT2D eigenvalue weighted by Crippen LogP contribution is 2.24. The lowest BCUT2D eigenvalue weighted by Gasteiger charge is -2.26. The molecule has 0 saturated heterocycles. The smallest absolute Gasteiger partial charge is 0.254 e. The van der Waals surface area contributed by atoms with Gasteiger partial charge in [0.2, 0.25) is 5.91 Å². The number of benzene rings is 1. The van der Waals surface area contributed by atoms with Gasteiger partial charge in [0.1, 0.15) is 6.54 Å². The highest BCUT2D eigenvalue weighted by Gasteiger charge is 2.27. The summed E-state index contributed by atoms with van der Waals surface area (Å²) in [5, 5.41) is 11.7. The fourth-order valence-corrected chi connectivity index (χ4v) is 2.85. The Morgan fingerprint density at radius 3 is 2.52 bits per heavy atom. The van der Waals surface area contributed by atoms with Gasteiger partial charge in [0.15, 0.2) is 0 Å². The first kappa shape index (κ1) is 16.8. The zero-order valence-electron chi connectivity index (χ0n) is 13.1. The molecule has 0 aromatic heterocycles. The third-order valence-electron chi connectivity index (χ3n) is 4.12. The van der Waals surface area contributed by atoms with Gasteiger partial charge in [-0.05, 0) is 36.6 Å². The average molecular weight is 311 g/mol. The summed E-state index contributed by atoms with van der Waals surface area (Å²) >= 11 is 0. The molecule has 0 atom stereocenters. The number of carbonyl (C=O) groups is 2. The summed E-state index contributed by atoms with van der Waals surface area (Å²) in [4.78, 5) is 25.5. The van der Waals surface area contributed by atoms with E-state index in [0.29, 0.717) is 12.1 Å². The fraction of sp³-hybridized carbons (Fsp3) is 0.389. The van der Waals surface area contributed by atoms with Gasteiger partial charge in [-0.1, -0.05) is 31.6 Å². The van der Waals surface area contributed by atoms with Gasteiger partial charge >= 0.3 is 0 Å². The molecule has 2 amide bonds. The second-order valence-corrected chi connectivity index (χ2v) is 5.65. The molecule has 0 spiro atoms. The van der Waals surface area contributed by atoms with Crippen LogP contribution in [0.25, 0.3) is 0 Å². The molecule has 0 aliphatic heterocycles. The van der Waals surface area contributed by atoms with E-state index in [1.165, 1.54) is 6.08 Å². The van der Waals surface area contributed by atoms with Gasteiger partial charge in [-0.25, -0.2) is 0 Å². The molecule has 1 fully saturated rings. The lowest BCUT2D eigenvalue weighted by atomic mass is 10.1. The molecule has 1 aromatic carbocycles. The average Bonchev–Trinajstić information content (AvgIpc) is 3.11. The minimum absolute atomic E-state index is 0.0971. The van der Waals surface area contributed by atoms with Gasteiger partial charge in [-0.3, -0.25) is 9.59 Å². The van der Waals surface area contributed by atoms with Crippen LogP contribution in [0, 0.1) is 11.3 Å². The number of nitrogens with one attached hydrogen (secondary N) is 1. The third-order valence-corrected chi connectivity index (χ3v) is 4.12. The van der Waals surface area contributed by atoms with Crippen molar-refractivity contribution in [3.05, 3.63) is 48.0 Å². The second-order valence-electron chi connectivity index (χ2n) is 5.65. The van der Waals surface area contributed by atoms with Crippen molar-refractivity contribution in [1.82, 2.24) is 10.2 Å². The molecule has 0 bridgehead atoms. The number of nitrogens with zero attached hydrogens (tertiary/aromatic N) is 2. The van der Waals surface area contributed by atoms with Crippen molar-refractivity contribution >= 4 is 11.8 Å². The Labute approximate surface area is 136 Å². The molecule has 23 heavy (non-hydrogen) atoms. The number of amides is 2. The molecule has 2 rings (SSSR count). The molecule has 5 nitrogen and oxygen atoms in total. The van der Waals surface area contributed by atoms with Crippen molar-refractivity contribution in [3.8, 4) is 6.07 Å². The van der Waals surface area contributed by atoms with E-state index < -0.39 is 0 Å². The SMILES string of the molecule is C=CC(=O)NCc1ccc(C(=O)N(CC#N)C2CCCC2)cc1. The third kappa shape index (κ3) is 4.43. The van der Waals surface area contributed by atoms with Crippen LogP contribution >= 0.6 is 0 Å². The van der Waals surface area contributed by atoms with E-state index in [-0.39, 0.29) is 24.4 Å². The first-order chi connectivity index (χ1) is 11.2. The largest absolute Gasteiger partial charge is 0.348 e. The van der Waals surface area contributed by atoms with E-state index in [4.69, 9.17) is 5.26 Å². The predicted molar refractivity (Wildman–Crippen MR) is 87.4 cm³/mol. The Morgan fingerprint density at radius 2 is 1.96 bits per heavy atom. The summed E-state index contributed by atoms with van der Waals surface area (Å²) < 4.78 is 0. The quantitative estimate of drug-likeness (QED) is 0.647. The highest BCUT2D eigenvalue weighted by atomic mass is 16.2. The minimum atomic E-state index is -0.230. The van der Waals surface area contributed by atoms with Crippen molar-refractivity contribution in [1.29, 1.82) is 5.26 Å². The van der Waals surface area contributed by atoms with Gasteiger partial charge in [-0.15, -0.1) is 0 Å². The molecule has 0 radical (unpaired) electrons. The Morgan fingerprint density at radius 1 is 1.30 bits per heavy atom. The van der Waals surface area contributed by atoms with Crippen LogP contribution in [0.4, 0.5) is 0 Å². The summed E-state index contributed by atoms with van der Waals surface area (Å²) in [6, 6.07) is 9.39. The van der Waals surface area contributed by atoms with E-state index in [9.17, 15) is 9.59 Å². The fourth-order valence-electron chi connectivity index (χ4n) is 2.85. The first-order valence-corrected chi connectivity index (χ1v) is 7.83. The van der Waals surface area contributed by atoms with Crippen LogP contribution in [0.3, 0.4) is 0 Å². The maximum absolute atomic E-state index is 12.6. The highest BCUT2D eigenvalue weighted by molar-refractivity contribution is 5.94. The van der Waals surface area contributed by atoms with Crippen LogP contribution in [0.1, 0.15) is 41.6 Å². The first-order valence-electron chi connectivity index (χ1n) is 7.83. The number of hydrogen-bond donors (Lipinski definition) is 1. The van der Waals surface area contributed by atoms with Crippen molar-refractivity contribution in [2.45, 2.75) is 38.3 Å². The molecule has 0 unspecified atom stereocenters. The monoisotopic (exact) mass is 311 g/mol. The Kier molecular flexibility index (Phi) is 5.93. The van der Waals surface area contributed by atoms with Crippen LogP contribution in [-0.2, 0) is 11.3 Å². The molecule has 1 aliphatic carbocycles. The number of rotatable bonds is 6. The molecule has 1 N–H and O–H groups in total. The van der Waals surface area contributed by atoms with Crippen molar-refractivity contribution in [2.75, 3.05) is 6.54 Å². The molecular weight excluding hydrogens is 290 g/mol. The zero-order chi connectivity index (χ0) is 16.7. The lowest BCUT2D eigenvalue weighted by molar-refractivity contribution is -0.116. The van der Waals surface area contributed by atoms with E-state index in [1.807, 2.05) is 12.1 Å². The van der Waals surface area contributed by atoms with E-state index >= 15 is 0 Å². The lowest BCUT2D eigenvalue weighted by Crippen LogP contribution is -2.39. The Bertz CT molecular complexity index is 610. The van der Waals surface area contributed by atoms with Gasteiger partial charge in [0, 0.05) is 18.2 Å².